The number of phenols is 1. The number of hydrogen-bond donors (Lipinski definition) is 2. The van der Waals surface area contributed by atoms with Crippen molar-refractivity contribution in [3.05, 3.63) is 23.8 Å². The number of piperazine rings is 1. The fourth-order valence-corrected chi connectivity index (χ4v) is 2.13. The van der Waals surface area contributed by atoms with Crippen molar-refractivity contribution in [3.8, 4) is 11.5 Å². The van der Waals surface area contributed by atoms with Gasteiger partial charge in [-0.05, 0) is 13.1 Å². The lowest BCUT2D eigenvalue weighted by molar-refractivity contribution is 0.198. The molecule has 2 rings (SSSR count). The van der Waals surface area contributed by atoms with E-state index in [9.17, 15) is 5.11 Å². The maximum Gasteiger partial charge on any atom is 0.127 e. The quantitative estimate of drug-likeness (QED) is 0.783. The van der Waals surface area contributed by atoms with Crippen LogP contribution >= 0.6 is 0 Å². The second-order valence-electron chi connectivity index (χ2n) is 4.13. The zero-order valence-electron chi connectivity index (χ0n) is 9.73. The van der Waals surface area contributed by atoms with E-state index in [0.29, 0.717) is 6.04 Å². The highest BCUT2D eigenvalue weighted by atomic mass is 16.5. The number of ether oxygens (including phenoxy) is 1. The van der Waals surface area contributed by atoms with Crippen molar-refractivity contribution >= 4 is 0 Å². The Balaban J connectivity index is 2.30. The van der Waals surface area contributed by atoms with E-state index >= 15 is 0 Å². The SMILES string of the molecule is COc1cc(O)ccc1C1CNCCN1C. The summed E-state index contributed by atoms with van der Waals surface area (Å²) in [4.78, 5) is 2.30. The Hall–Kier alpha value is -1.26. The fourth-order valence-electron chi connectivity index (χ4n) is 2.13. The molecular formula is C12H18N2O2. The van der Waals surface area contributed by atoms with Crippen molar-refractivity contribution in [1.82, 2.24) is 10.2 Å². The molecule has 1 aliphatic rings. The Morgan fingerprint density at radius 1 is 1.50 bits per heavy atom. The minimum atomic E-state index is 0.243. The van der Waals surface area contributed by atoms with Crippen LogP contribution in [0.25, 0.3) is 0 Å². The number of rotatable bonds is 2. The molecule has 1 unspecified atom stereocenters. The molecule has 88 valence electrons. The third kappa shape index (κ3) is 2.13. The summed E-state index contributed by atoms with van der Waals surface area (Å²) in [6.07, 6.45) is 0. The third-order valence-electron chi connectivity index (χ3n) is 3.09. The number of benzene rings is 1. The molecule has 0 aliphatic carbocycles. The van der Waals surface area contributed by atoms with Gasteiger partial charge in [-0.1, -0.05) is 6.07 Å². The van der Waals surface area contributed by atoms with Crippen LogP contribution in [0.1, 0.15) is 11.6 Å². The first kappa shape index (κ1) is 11.2. The Morgan fingerprint density at radius 2 is 2.31 bits per heavy atom. The van der Waals surface area contributed by atoms with Crippen molar-refractivity contribution in [2.24, 2.45) is 0 Å². The molecule has 2 N–H and O–H groups in total. The van der Waals surface area contributed by atoms with E-state index in [4.69, 9.17) is 4.74 Å². The molecule has 1 saturated heterocycles. The highest BCUT2D eigenvalue weighted by Gasteiger charge is 2.23. The molecule has 4 heteroatoms. The van der Waals surface area contributed by atoms with E-state index in [1.54, 1.807) is 19.2 Å². The zero-order chi connectivity index (χ0) is 11.5. The Kier molecular flexibility index (Phi) is 3.31. The van der Waals surface area contributed by atoms with Crippen LogP contribution in [0.2, 0.25) is 0 Å². The molecule has 1 aromatic carbocycles. The van der Waals surface area contributed by atoms with E-state index in [1.807, 2.05) is 6.07 Å². The molecule has 1 atom stereocenters. The van der Waals surface area contributed by atoms with Crippen LogP contribution in [0.4, 0.5) is 0 Å². The molecule has 1 aromatic rings. The van der Waals surface area contributed by atoms with Crippen LogP contribution in [0.5, 0.6) is 11.5 Å². The first-order valence-electron chi connectivity index (χ1n) is 5.50. The predicted octanol–water partition coefficient (Wildman–Crippen LogP) is 0.977. The number of phenolic OH excluding ortho intramolecular Hbond substituents is 1. The molecule has 4 nitrogen and oxygen atoms in total. The maximum absolute atomic E-state index is 9.42. The summed E-state index contributed by atoms with van der Waals surface area (Å²) in [5, 5.41) is 12.8. The molecule has 1 aliphatic heterocycles. The van der Waals surface area contributed by atoms with Crippen LogP contribution in [0.3, 0.4) is 0 Å². The fraction of sp³-hybridized carbons (Fsp3) is 0.500. The van der Waals surface area contributed by atoms with Crippen molar-refractivity contribution in [3.63, 3.8) is 0 Å². The van der Waals surface area contributed by atoms with E-state index in [2.05, 4.69) is 17.3 Å². The molecule has 1 fully saturated rings. The summed E-state index contributed by atoms with van der Waals surface area (Å²) >= 11 is 0. The maximum atomic E-state index is 9.42. The van der Waals surface area contributed by atoms with Crippen LogP contribution in [-0.2, 0) is 0 Å². The molecule has 16 heavy (non-hydrogen) atoms. The molecular weight excluding hydrogens is 204 g/mol. The Labute approximate surface area is 95.8 Å². The summed E-state index contributed by atoms with van der Waals surface area (Å²) in [6.45, 7) is 2.96. The summed E-state index contributed by atoms with van der Waals surface area (Å²) in [7, 11) is 3.74. The van der Waals surface area contributed by atoms with Crippen molar-refractivity contribution < 1.29 is 9.84 Å². The van der Waals surface area contributed by atoms with Gasteiger partial charge in [0, 0.05) is 31.3 Å². The smallest absolute Gasteiger partial charge is 0.127 e. The van der Waals surface area contributed by atoms with Gasteiger partial charge in [0.25, 0.3) is 0 Å². The number of aromatic hydroxyl groups is 1. The minimum absolute atomic E-state index is 0.243. The monoisotopic (exact) mass is 222 g/mol. The number of hydrogen-bond acceptors (Lipinski definition) is 4. The lowest BCUT2D eigenvalue weighted by Gasteiger charge is -2.34. The summed E-state index contributed by atoms with van der Waals surface area (Å²) in [5.41, 5.74) is 1.12. The van der Waals surface area contributed by atoms with Gasteiger partial charge in [-0.2, -0.15) is 0 Å². The number of likely N-dealkylation sites (N-methyl/N-ethyl adjacent to an activating group) is 1. The summed E-state index contributed by atoms with van der Waals surface area (Å²) in [6, 6.07) is 5.62. The van der Waals surface area contributed by atoms with E-state index in [-0.39, 0.29) is 5.75 Å². The summed E-state index contributed by atoms with van der Waals surface area (Å²) in [5.74, 6) is 0.993. The molecule has 0 bridgehead atoms. The van der Waals surface area contributed by atoms with Gasteiger partial charge >= 0.3 is 0 Å². The molecule has 0 saturated carbocycles. The van der Waals surface area contributed by atoms with Crippen molar-refractivity contribution in [1.29, 1.82) is 0 Å². The van der Waals surface area contributed by atoms with Gasteiger partial charge in [-0.25, -0.2) is 0 Å². The average molecular weight is 222 g/mol. The standard InChI is InChI=1S/C12H18N2O2/c1-14-6-5-13-8-11(14)10-4-3-9(15)7-12(10)16-2/h3-4,7,11,13,15H,5-6,8H2,1-2H3. The lowest BCUT2D eigenvalue weighted by Crippen LogP contribution is -2.43. The van der Waals surface area contributed by atoms with Gasteiger partial charge in [0.1, 0.15) is 11.5 Å². The third-order valence-corrected chi connectivity index (χ3v) is 3.09. The molecule has 0 spiro atoms. The van der Waals surface area contributed by atoms with Crippen LogP contribution in [0, 0.1) is 0 Å². The Bertz CT molecular complexity index is 368. The largest absolute Gasteiger partial charge is 0.508 e. The minimum Gasteiger partial charge on any atom is -0.508 e. The van der Waals surface area contributed by atoms with Crippen molar-refractivity contribution in [2.75, 3.05) is 33.8 Å². The molecule has 0 radical (unpaired) electrons. The van der Waals surface area contributed by atoms with Crippen molar-refractivity contribution in [2.45, 2.75) is 6.04 Å². The highest BCUT2D eigenvalue weighted by Crippen LogP contribution is 2.32. The normalized spacial score (nSPS) is 22.0. The van der Waals surface area contributed by atoms with Gasteiger partial charge in [0.15, 0.2) is 0 Å². The average Bonchev–Trinajstić information content (AvgIpc) is 2.30. The zero-order valence-corrected chi connectivity index (χ0v) is 9.73. The van der Waals surface area contributed by atoms with Gasteiger partial charge in [0.05, 0.1) is 13.2 Å². The van der Waals surface area contributed by atoms with Crippen LogP contribution < -0.4 is 10.1 Å². The Morgan fingerprint density at radius 3 is 3.00 bits per heavy atom. The van der Waals surface area contributed by atoms with Crippen LogP contribution in [-0.4, -0.2) is 43.8 Å². The van der Waals surface area contributed by atoms with Crippen LogP contribution in [0.15, 0.2) is 18.2 Å². The highest BCUT2D eigenvalue weighted by molar-refractivity contribution is 5.42. The first-order valence-corrected chi connectivity index (χ1v) is 5.50. The van der Waals surface area contributed by atoms with Gasteiger partial charge in [0.2, 0.25) is 0 Å². The van der Waals surface area contributed by atoms with Gasteiger partial charge in [-0.3, -0.25) is 4.90 Å². The lowest BCUT2D eigenvalue weighted by atomic mass is 10.0. The molecule has 1 heterocycles. The second kappa shape index (κ2) is 4.72. The molecule has 0 amide bonds. The van der Waals surface area contributed by atoms with E-state index < -0.39 is 0 Å². The predicted molar refractivity (Wildman–Crippen MR) is 62.9 cm³/mol. The van der Waals surface area contributed by atoms with Gasteiger partial charge in [-0.15, -0.1) is 0 Å². The van der Waals surface area contributed by atoms with E-state index in [1.165, 1.54) is 0 Å². The number of methoxy groups -OCH3 is 1. The summed E-state index contributed by atoms with van der Waals surface area (Å²) < 4.78 is 5.31. The number of nitrogens with zero attached hydrogens (tertiary/aromatic N) is 1. The molecule has 0 aromatic heterocycles. The second-order valence-corrected chi connectivity index (χ2v) is 4.13. The topological polar surface area (TPSA) is 44.7 Å². The first-order chi connectivity index (χ1) is 7.72. The van der Waals surface area contributed by atoms with E-state index in [0.717, 1.165) is 30.9 Å². The van der Waals surface area contributed by atoms with Gasteiger partial charge < -0.3 is 15.2 Å². The number of nitrogens with one attached hydrogen (secondary N) is 1.